The van der Waals surface area contributed by atoms with Crippen LogP contribution in [0.3, 0.4) is 0 Å². The largest absolute Gasteiger partial charge is 0.488 e. The van der Waals surface area contributed by atoms with Crippen molar-refractivity contribution in [2.45, 2.75) is 25.5 Å². The van der Waals surface area contributed by atoms with Crippen LogP contribution in [-0.4, -0.2) is 41.2 Å². The number of aliphatic hydroxyl groups excluding tert-OH is 1. The molecular weight excluding hydrogens is 351 g/mol. The minimum atomic E-state index is -1.20. The van der Waals surface area contributed by atoms with Crippen molar-refractivity contribution in [3.8, 4) is 5.75 Å². The molecule has 2 aromatic rings. The number of ether oxygens (including phenoxy) is 1. The van der Waals surface area contributed by atoms with Crippen molar-refractivity contribution in [3.63, 3.8) is 0 Å². The van der Waals surface area contributed by atoms with E-state index in [1.165, 1.54) is 18.2 Å². The Hall–Kier alpha value is -2.93. The first kappa shape index (κ1) is 18.8. The van der Waals surface area contributed by atoms with Crippen molar-refractivity contribution < 1.29 is 23.8 Å². The lowest BCUT2D eigenvalue weighted by Crippen LogP contribution is -2.42. The number of aliphatic hydroxyl groups is 1. The van der Waals surface area contributed by atoms with Gasteiger partial charge in [-0.1, -0.05) is 42.0 Å². The first-order valence-corrected chi connectivity index (χ1v) is 8.58. The zero-order valence-electron chi connectivity index (χ0n) is 15.1. The second kappa shape index (κ2) is 7.36. The van der Waals surface area contributed by atoms with E-state index in [-0.39, 0.29) is 18.9 Å². The van der Waals surface area contributed by atoms with Gasteiger partial charge in [0.2, 0.25) is 0 Å². The highest BCUT2D eigenvalue weighted by atomic mass is 19.1. The summed E-state index contributed by atoms with van der Waals surface area (Å²) in [4.78, 5) is 26.1. The molecular formula is C20H21FN2O4. The highest BCUT2D eigenvalue weighted by Crippen LogP contribution is 2.29. The van der Waals surface area contributed by atoms with Crippen LogP contribution >= 0.6 is 0 Å². The van der Waals surface area contributed by atoms with E-state index >= 15 is 0 Å². The Bertz CT molecular complexity index is 855. The van der Waals surface area contributed by atoms with Gasteiger partial charge in [-0.05, 0) is 31.5 Å². The summed E-state index contributed by atoms with van der Waals surface area (Å²) < 4.78 is 18.8. The molecule has 0 spiro atoms. The highest BCUT2D eigenvalue weighted by Gasteiger charge is 2.49. The molecule has 1 heterocycles. The summed E-state index contributed by atoms with van der Waals surface area (Å²) in [5, 5.41) is 12.8. The molecule has 2 aromatic carbocycles. The third-order valence-electron chi connectivity index (χ3n) is 4.57. The van der Waals surface area contributed by atoms with E-state index in [0.29, 0.717) is 5.56 Å². The lowest BCUT2D eigenvalue weighted by atomic mass is 9.91. The molecule has 1 saturated heterocycles. The van der Waals surface area contributed by atoms with Crippen LogP contribution in [0.25, 0.3) is 0 Å². The SMILES string of the molecule is Cc1ccc([C@@]2(C)NC(=O)N(C[C@H](O)COc3ccccc3F)C2=O)cc1. The quantitative estimate of drug-likeness (QED) is 0.763. The van der Waals surface area contributed by atoms with Crippen molar-refractivity contribution in [2.75, 3.05) is 13.2 Å². The van der Waals surface area contributed by atoms with E-state index in [4.69, 9.17) is 4.74 Å². The van der Waals surface area contributed by atoms with Crippen LogP contribution in [0.5, 0.6) is 5.75 Å². The van der Waals surface area contributed by atoms with Gasteiger partial charge in [0.05, 0.1) is 6.54 Å². The maximum atomic E-state index is 13.6. The summed E-state index contributed by atoms with van der Waals surface area (Å²) in [6, 6.07) is 12.5. The maximum absolute atomic E-state index is 13.6. The summed E-state index contributed by atoms with van der Waals surface area (Å²) >= 11 is 0. The van der Waals surface area contributed by atoms with Gasteiger partial charge in [0.1, 0.15) is 18.2 Å². The Morgan fingerprint density at radius 1 is 1.19 bits per heavy atom. The van der Waals surface area contributed by atoms with Gasteiger partial charge >= 0.3 is 6.03 Å². The van der Waals surface area contributed by atoms with Gasteiger partial charge in [0.15, 0.2) is 11.6 Å². The molecule has 0 bridgehead atoms. The van der Waals surface area contributed by atoms with E-state index in [9.17, 15) is 19.1 Å². The minimum absolute atomic E-state index is 0.00163. The predicted octanol–water partition coefficient (Wildman–Crippen LogP) is 2.34. The summed E-state index contributed by atoms with van der Waals surface area (Å²) in [6.07, 6.45) is -1.15. The number of imide groups is 1. The molecule has 27 heavy (non-hydrogen) atoms. The molecule has 2 atom stereocenters. The molecule has 7 heteroatoms. The van der Waals surface area contributed by atoms with Gasteiger partial charge < -0.3 is 15.2 Å². The van der Waals surface area contributed by atoms with Gasteiger partial charge in [-0.25, -0.2) is 9.18 Å². The predicted molar refractivity (Wildman–Crippen MR) is 96.7 cm³/mol. The molecule has 0 aliphatic carbocycles. The molecule has 0 unspecified atom stereocenters. The standard InChI is InChI=1S/C20H21FN2O4/c1-13-7-9-14(10-8-13)20(2)18(25)23(19(26)22-20)11-15(24)12-27-17-6-4-3-5-16(17)21/h3-10,15,24H,11-12H2,1-2H3,(H,22,26)/t15-,20+/m0/s1. The Balaban J connectivity index is 1.66. The smallest absolute Gasteiger partial charge is 0.325 e. The molecule has 6 nitrogen and oxygen atoms in total. The number of nitrogens with one attached hydrogen (secondary N) is 1. The normalized spacial score (nSPS) is 20.5. The maximum Gasteiger partial charge on any atom is 0.325 e. The average molecular weight is 372 g/mol. The second-order valence-corrected chi connectivity index (χ2v) is 6.73. The van der Waals surface area contributed by atoms with Gasteiger partial charge in [-0.15, -0.1) is 0 Å². The summed E-state index contributed by atoms with van der Waals surface area (Å²) in [6.45, 7) is 3.05. The monoisotopic (exact) mass is 372 g/mol. The molecule has 0 radical (unpaired) electrons. The van der Waals surface area contributed by atoms with Crippen molar-refractivity contribution >= 4 is 11.9 Å². The molecule has 1 aliphatic rings. The lowest BCUT2D eigenvalue weighted by molar-refractivity contribution is -0.132. The van der Waals surface area contributed by atoms with E-state index < -0.39 is 29.4 Å². The fraction of sp³-hybridized carbons (Fsp3) is 0.300. The Labute approximate surface area is 156 Å². The third kappa shape index (κ3) is 3.78. The summed E-state index contributed by atoms with van der Waals surface area (Å²) in [5.41, 5.74) is 0.499. The minimum Gasteiger partial charge on any atom is -0.488 e. The van der Waals surface area contributed by atoms with Crippen LogP contribution in [0, 0.1) is 12.7 Å². The number of hydrogen-bond acceptors (Lipinski definition) is 4. The molecule has 1 fully saturated rings. The average Bonchev–Trinajstić information content (AvgIpc) is 2.85. The Morgan fingerprint density at radius 3 is 2.52 bits per heavy atom. The van der Waals surface area contributed by atoms with Gasteiger partial charge in [-0.2, -0.15) is 0 Å². The van der Waals surface area contributed by atoms with E-state index in [1.807, 2.05) is 19.1 Å². The number of urea groups is 1. The van der Waals surface area contributed by atoms with Crippen LogP contribution in [0.15, 0.2) is 48.5 Å². The van der Waals surface area contributed by atoms with E-state index in [0.717, 1.165) is 10.5 Å². The molecule has 142 valence electrons. The summed E-state index contributed by atoms with van der Waals surface area (Å²) in [7, 11) is 0. The highest BCUT2D eigenvalue weighted by molar-refractivity contribution is 6.07. The molecule has 2 N–H and O–H groups in total. The molecule has 3 amide bonds. The second-order valence-electron chi connectivity index (χ2n) is 6.73. The summed E-state index contributed by atoms with van der Waals surface area (Å²) in [5.74, 6) is -1.01. The first-order valence-electron chi connectivity index (χ1n) is 8.58. The fourth-order valence-electron chi connectivity index (χ4n) is 2.96. The third-order valence-corrected chi connectivity index (χ3v) is 4.57. The Kier molecular flexibility index (Phi) is 5.14. The number of β-amino-alcohol motifs (C(OH)–C–C–N with tert-alkyl or cyclic N) is 1. The number of amides is 3. The van der Waals surface area contributed by atoms with Crippen LogP contribution < -0.4 is 10.1 Å². The number of aryl methyl sites for hydroxylation is 1. The van der Waals surface area contributed by atoms with Crippen LogP contribution in [0.4, 0.5) is 9.18 Å². The number of benzene rings is 2. The number of nitrogens with zero attached hydrogens (tertiary/aromatic N) is 1. The van der Waals surface area contributed by atoms with Crippen molar-refractivity contribution in [1.82, 2.24) is 10.2 Å². The molecule has 0 aromatic heterocycles. The van der Waals surface area contributed by atoms with E-state index in [2.05, 4.69) is 5.32 Å². The van der Waals surface area contributed by atoms with Crippen LogP contribution in [0.1, 0.15) is 18.1 Å². The number of hydrogen-bond donors (Lipinski definition) is 2. The van der Waals surface area contributed by atoms with Crippen molar-refractivity contribution in [1.29, 1.82) is 0 Å². The van der Waals surface area contributed by atoms with Crippen molar-refractivity contribution in [3.05, 3.63) is 65.5 Å². The zero-order chi connectivity index (χ0) is 19.6. The molecule has 1 aliphatic heterocycles. The van der Waals surface area contributed by atoms with Crippen LogP contribution in [-0.2, 0) is 10.3 Å². The van der Waals surface area contributed by atoms with Crippen LogP contribution in [0.2, 0.25) is 0 Å². The van der Waals surface area contributed by atoms with Gasteiger partial charge in [0, 0.05) is 0 Å². The van der Waals surface area contributed by atoms with E-state index in [1.54, 1.807) is 25.1 Å². The van der Waals surface area contributed by atoms with Crippen molar-refractivity contribution in [2.24, 2.45) is 0 Å². The number of halogens is 1. The number of rotatable bonds is 6. The lowest BCUT2D eigenvalue weighted by Gasteiger charge is -2.23. The number of para-hydroxylation sites is 1. The van der Waals surface area contributed by atoms with Gasteiger partial charge in [0.25, 0.3) is 5.91 Å². The Morgan fingerprint density at radius 2 is 1.85 bits per heavy atom. The molecule has 3 rings (SSSR count). The van der Waals surface area contributed by atoms with Gasteiger partial charge in [-0.3, -0.25) is 9.69 Å². The number of carbonyl (C=O) groups is 2. The first-order chi connectivity index (χ1) is 12.8. The zero-order valence-corrected chi connectivity index (χ0v) is 15.1. The number of carbonyl (C=O) groups excluding carboxylic acids is 2. The topological polar surface area (TPSA) is 78.9 Å². The molecule has 0 saturated carbocycles. The fourth-order valence-corrected chi connectivity index (χ4v) is 2.96.